The van der Waals surface area contributed by atoms with Crippen molar-refractivity contribution in [2.45, 2.75) is 11.8 Å². The molecule has 0 amide bonds. The molecule has 11 heteroatoms. The summed E-state index contributed by atoms with van der Waals surface area (Å²) in [6.45, 7) is 1.42. The molecular weight excluding hydrogens is 343 g/mol. The van der Waals surface area contributed by atoms with Crippen LogP contribution in [0.2, 0.25) is 0 Å². The quantitative estimate of drug-likeness (QED) is 0.683. The van der Waals surface area contributed by atoms with Crippen LogP contribution in [0.5, 0.6) is 5.75 Å². The van der Waals surface area contributed by atoms with E-state index in [0.717, 1.165) is 18.3 Å². The fourth-order valence-corrected chi connectivity index (χ4v) is 3.03. The Morgan fingerprint density at radius 2 is 2.21 bits per heavy atom. The molecule has 3 rings (SSSR count). The number of fused-ring (bicyclic) bond motifs is 1. The molecule has 126 valence electrons. The Balaban J connectivity index is 2.06. The molecule has 0 radical (unpaired) electrons. The van der Waals surface area contributed by atoms with E-state index in [-0.39, 0.29) is 28.5 Å². The van der Waals surface area contributed by atoms with E-state index in [9.17, 15) is 17.6 Å². The van der Waals surface area contributed by atoms with Gasteiger partial charge in [0.15, 0.2) is 15.6 Å². The third-order valence-electron chi connectivity index (χ3n) is 3.22. The molecule has 0 saturated heterocycles. The number of halogens is 1. The number of hydrogen-bond donors (Lipinski definition) is 2. The Morgan fingerprint density at radius 1 is 1.46 bits per heavy atom. The second-order valence-corrected chi connectivity index (χ2v) is 7.00. The highest BCUT2D eigenvalue weighted by Gasteiger charge is 2.20. The Bertz CT molecular complexity index is 1040. The summed E-state index contributed by atoms with van der Waals surface area (Å²) in [5.74, 6) is -0.990. The van der Waals surface area contributed by atoms with E-state index in [2.05, 4.69) is 19.8 Å². The number of nitrogens with zero attached hydrogens (tertiary/aromatic N) is 3. The average molecular weight is 354 g/mol. The van der Waals surface area contributed by atoms with Crippen LogP contribution < -0.4 is 4.74 Å². The molecule has 2 heterocycles. The molecule has 9 nitrogen and oxygen atoms in total. The van der Waals surface area contributed by atoms with Crippen LogP contribution in [0.15, 0.2) is 29.4 Å². The summed E-state index contributed by atoms with van der Waals surface area (Å²) in [6, 6.07) is 2.17. The van der Waals surface area contributed by atoms with E-state index < -0.39 is 26.7 Å². The van der Waals surface area contributed by atoms with Crippen LogP contribution in [0.25, 0.3) is 17.0 Å². The van der Waals surface area contributed by atoms with E-state index in [1.54, 1.807) is 0 Å². The van der Waals surface area contributed by atoms with Crippen molar-refractivity contribution >= 4 is 27.0 Å². The van der Waals surface area contributed by atoms with Crippen LogP contribution >= 0.6 is 0 Å². The van der Waals surface area contributed by atoms with Gasteiger partial charge >= 0.3 is 6.16 Å². The van der Waals surface area contributed by atoms with Gasteiger partial charge in [-0.3, -0.25) is 0 Å². The number of nitrogens with one attached hydrogen (secondary N) is 1. The van der Waals surface area contributed by atoms with Crippen molar-refractivity contribution in [3.8, 4) is 11.7 Å². The maximum Gasteiger partial charge on any atom is 0.511 e. The van der Waals surface area contributed by atoms with Crippen LogP contribution in [0, 0.1) is 5.82 Å². The van der Waals surface area contributed by atoms with Crippen molar-refractivity contribution in [3.63, 3.8) is 0 Å². The van der Waals surface area contributed by atoms with Crippen LogP contribution in [-0.4, -0.2) is 45.2 Å². The average Bonchev–Trinajstić information content (AvgIpc) is 3.11. The highest BCUT2D eigenvalue weighted by atomic mass is 32.2. The number of carbonyl (C=O) groups is 1. The lowest BCUT2D eigenvalue weighted by molar-refractivity contribution is 0.144. The minimum absolute atomic E-state index is 0.0246. The van der Waals surface area contributed by atoms with Crippen LogP contribution in [0.4, 0.5) is 9.18 Å². The Labute approximate surface area is 134 Å². The molecule has 2 N–H and O–H groups in total. The number of rotatable bonds is 4. The standard InChI is InChI=1S/C13H11FN4O5S/c1-2-24(21,22)11-4-10-9(3-8(11)14)16-12(17-10)18-6-7(5-15-18)23-13(19)20/h3-6H,2H2,1H3,(H,16,17)(H,19,20). The van der Waals surface area contributed by atoms with Gasteiger partial charge in [-0.1, -0.05) is 6.92 Å². The number of H-pyrrole nitrogens is 1. The first kappa shape index (κ1) is 15.9. The van der Waals surface area contributed by atoms with Gasteiger partial charge in [0.1, 0.15) is 10.7 Å². The molecule has 0 aliphatic heterocycles. The predicted octanol–water partition coefficient (Wildman–Crippen LogP) is 1.74. The zero-order valence-corrected chi connectivity index (χ0v) is 13.0. The van der Waals surface area contributed by atoms with E-state index in [1.807, 2.05) is 0 Å². The zero-order valence-electron chi connectivity index (χ0n) is 12.2. The predicted molar refractivity (Wildman–Crippen MR) is 79.6 cm³/mol. The lowest BCUT2D eigenvalue weighted by atomic mass is 10.3. The van der Waals surface area contributed by atoms with Gasteiger partial charge in [0.25, 0.3) is 0 Å². The second-order valence-electron chi connectivity index (χ2n) is 4.75. The van der Waals surface area contributed by atoms with Gasteiger partial charge < -0.3 is 14.8 Å². The number of aromatic nitrogens is 4. The maximum atomic E-state index is 14.0. The summed E-state index contributed by atoms with van der Waals surface area (Å²) in [5, 5.41) is 12.4. The molecule has 0 aliphatic carbocycles. The topological polar surface area (TPSA) is 127 Å². The van der Waals surface area contributed by atoms with Crippen molar-refractivity contribution in [2.24, 2.45) is 0 Å². The van der Waals surface area contributed by atoms with Gasteiger partial charge in [-0.2, -0.15) is 5.10 Å². The third-order valence-corrected chi connectivity index (χ3v) is 4.96. The Morgan fingerprint density at radius 3 is 2.88 bits per heavy atom. The highest BCUT2D eigenvalue weighted by molar-refractivity contribution is 7.91. The van der Waals surface area contributed by atoms with Crippen molar-refractivity contribution in [2.75, 3.05) is 5.75 Å². The summed E-state index contributed by atoms with van der Waals surface area (Å²) in [5.41, 5.74) is 0.503. The van der Waals surface area contributed by atoms with Gasteiger partial charge in [0.05, 0.1) is 29.2 Å². The van der Waals surface area contributed by atoms with Gasteiger partial charge in [0, 0.05) is 6.07 Å². The normalized spacial score (nSPS) is 11.8. The third kappa shape index (κ3) is 2.80. The first-order valence-electron chi connectivity index (χ1n) is 6.68. The second kappa shape index (κ2) is 5.60. The molecule has 3 aromatic rings. The summed E-state index contributed by atoms with van der Waals surface area (Å²) in [4.78, 5) is 16.9. The van der Waals surface area contributed by atoms with E-state index >= 15 is 0 Å². The number of sulfone groups is 1. The number of hydrogen-bond acceptors (Lipinski definition) is 6. The van der Waals surface area contributed by atoms with E-state index in [1.165, 1.54) is 17.8 Å². The first-order valence-corrected chi connectivity index (χ1v) is 8.33. The van der Waals surface area contributed by atoms with E-state index in [4.69, 9.17) is 5.11 Å². The monoisotopic (exact) mass is 354 g/mol. The molecule has 0 fully saturated rings. The summed E-state index contributed by atoms with van der Waals surface area (Å²) < 4.78 is 43.4. The zero-order chi connectivity index (χ0) is 17.5. The Kier molecular flexibility index (Phi) is 3.72. The summed E-state index contributed by atoms with van der Waals surface area (Å²) in [6.07, 6.45) is 0.927. The number of imidazole rings is 1. The minimum Gasteiger partial charge on any atom is -0.449 e. The molecule has 0 aliphatic rings. The first-order chi connectivity index (χ1) is 11.3. The van der Waals surface area contributed by atoms with Gasteiger partial charge in [-0.25, -0.2) is 27.3 Å². The number of aromatic amines is 1. The van der Waals surface area contributed by atoms with Gasteiger partial charge in [-0.15, -0.1) is 0 Å². The molecular formula is C13H11FN4O5S. The minimum atomic E-state index is -3.72. The fourth-order valence-electron chi connectivity index (χ4n) is 2.08. The van der Waals surface area contributed by atoms with Crippen LogP contribution in [0.1, 0.15) is 6.92 Å². The fraction of sp³-hybridized carbons (Fsp3) is 0.154. The molecule has 0 spiro atoms. The molecule has 24 heavy (non-hydrogen) atoms. The van der Waals surface area contributed by atoms with Crippen LogP contribution in [-0.2, 0) is 9.84 Å². The van der Waals surface area contributed by atoms with Crippen LogP contribution in [0.3, 0.4) is 0 Å². The smallest absolute Gasteiger partial charge is 0.449 e. The van der Waals surface area contributed by atoms with Crippen molar-refractivity contribution in [3.05, 3.63) is 30.3 Å². The number of ether oxygens (including phenoxy) is 1. The molecule has 0 saturated carbocycles. The molecule has 0 atom stereocenters. The van der Waals surface area contributed by atoms with Gasteiger partial charge in [-0.05, 0) is 6.07 Å². The summed E-state index contributed by atoms with van der Waals surface area (Å²) in [7, 11) is -3.72. The molecule has 2 aromatic heterocycles. The van der Waals surface area contributed by atoms with Gasteiger partial charge in [0.2, 0.25) is 5.95 Å². The maximum absolute atomic E-state index is 14.0. The largest absolute Gasteiger partial charge is 0.511 e. The van der Waals surface area contributed by atoms with Crippen molar-refractivity contribution in [1.82, 2.24) is 19.7 Å². The number of benzene rings is 1. The lowest BCUT2D eigenvalue weighted by Crippen LogP contribution is -2.06. The SMILES string of the molecule is CCS(=O)(=O)c1cc2nc(-n3cc(OC(=O)O)cn3)[nH]c2cc1F. The van der Waals surface area contributed by atoms with Crippen molar-refractivity contribution in [1.29, 1.82) is 0 Å². The summed E-state index contributed by atoms with van der Waals surface area (Å²) >= 11 is 0. The molecule has 0 bridgehead atoms. The molecule has 0 unspecified atom stereocenters. The Hall–Kier alpha value is -2.95. The van der Waals surface area contributed by atoms with E-state index in [0.29, 0.717) is 0 Å². The van der Waals surface area contributed by atoms with Crippen molar-refractivity contribution < 1.29 is 27.4 Å². The highest BCUT2D eigenvalue weighted by Crippen LogP contribution is 2.23. The lowest BCUT2D eigenvalue weighted by Gasteiger charge is -2.02. The number of carboxylic acid groups (broad SMARTS) is 1. The molecule has 1 aromatic carbocycles.